The Morgan fingerprint density at radius 2 is 1.45 bits per heavy atom. The number of ether oxygens (including phenoxy) is 1. The Hall–Kier alpha value is -0.0800. The van der Waals surface area contributed by atoms with Crippen molar-refractivity contribution in [1.82, 2.24) is 4.90 Å². The Bertz CT molecular complexity index is 174. The molecule has 1 unspecified atom stereocenters. The molecule has 1 atom stereocenters. The van der Waals surface area contributed by atoms with Crippen molar-refractivity contribution in [1.29, 1.82) is 0 Å². The van der Waals surface area contributed by atoms with Crippen molar-refractivity contribution in [2.75, 3.05) is 33.4 Å². The van der Waals surface area contributed by atoms with Gasteiger partial charge in [-0.1, -0.05) is 49.5 Å². The minimum absolute atomic E-state index is 0. The summed E-state index contributed by atoms with van der Waals surface area (Å²) in [6.07, 6.45) is 4.23. The van der Waals surface area contributed by atoms with E-state index in [-0.39, 0.29) is 14.9 Å². The van der Waals surface area contributed by atoms with Crippen LogP contribution >= 0.6 is 0 Å². The SMILES string of the molecule is C.C.CC(C)CCN1CCCC1.COCC(C)C(C)C. The van der Waals surface area contributed by atoms with Gasteiger partial charge in [0, 0.05) is 13.7 Å². The average Bonchev–Trinajstić information content (AvgIpc) is 2.80. The zero-order chi connectivity index (χ0) is 14.0. The monoisotopic (exact) mass is 289 g/mol. The molecule has 2 heteroatoms. The molecule has 1 rings (SSSR count). The first-order chi connectivity index (χ1) is 8.47. The largest absolute Gasteiger partial charge is 0.384 e. The summed E-state index contributed by atoms with van der Waals surface area (Å²) in [6, 6.07) is 0. The lowest BCUT2D eigenvalue weighted by Gasteiger charge is -2.15. The third kappa shape index (κ3) is 14.3. The Balaban J connectivity index is -0.000000269. The highest BCUT2D eigenvalue weighted by Gasteiger charge is 2.10. The van der Waals surface area contributed by atoms with Gasteiger partial charge in [-0.2, -0.15) is 0 Å². The van der Waals surface area contributed by atoms with Crippen molar-refractivity contribution in [3.05, 3.63) is 0 Å². The summed E-state index contributed by atoms with van der Waals surface area (Å²) in [5, 5.41) is 0. The molecule has 20 heavy (non-hydrogen) atoms. The molecular formula is C18H43NO. The molecule has 0 N–H and O–H groups in total. The minimum atomic E-state index is 0. The standard InChI is InChI=1S/C9H19N.C7H16O.2CH4/c1-9(2)5-8-10-6-3-4-7-10;1-6(2)7(3)5-8-4;;/h9H,3-8H2,1-2H3;6-7H,5H2,1-4H3;2*1H4. The molecule has 1 aliphatic heterocycles. The van der Waals surface area contributed by atoms with E-state index in [1.807, 2.05) is 0 Å². The molecule has 2 nitrogen and oxygen atoms in total. The van der Waals surface area contributed by atoms with E-state index in [1.54, 1.807) is 7.11 Å². The van der Waals surface area contributed by atoms with Crippen LogP contribution < -0.4 is 0 Å². The fourth-order valence-electron chi connectivity index (χ4n) is 1.90. The molecule has 1 aliphatic rings. The van der Waals surface area contributed by atoms with Gasteiger partial charge in [-0.15, -0.1) is 0 Å². The van der Waals surface area contributed by atoms with Gasteiger partial charge in [0.15, 0.2) is 0 Å². The molecule has 1 heterocycles. The van der Waals surface area contributed by atoms with E-state index < -0.39 is 0 Å². The second-order valence-corrected chi connectivity index (χ2v) is 6.41. The van der Waals surface area contributed by atoms with E-state index in [2.05, 4.69) is 39.5 Å². The molecule has 0 amide bonds. The van der Waals surface area contributed by atoms with Crippen molar-refractivity contribution in [2.45, 2.75) is 68.7 Å². The lowest BCUT2D eigenvalue weighted by Crippen LogP contribution is -2.21. The van der Waals surface area contributed by atoms with Crippen LogP contribution in [0.5, 0.6) is 0 Å². The maximum Gasteiger partial charge on any atom is 0.0490 e. The first-order valence-corrected chi connectivity index (χ1v) is 7.68. The summed E-state index contributed by atoms with van der Waals surface area (Å²) in [6.45, 7) is 16.2. The smallest absolute Gasteiger partial charge is 0.0490 e. The van der Waals surface area contributed by atoms with Crippen LogP contribution in [0.2, 0.25) is 0 Å². The number of hydrogen-bond acceptors (Lipinski definition) is 2. The summed E-state index contributed by atoms with van der Waals surface area (Å²) in [4.78, 5) is 2.58. The second kappa shape index (κ2) is 15.3. The normalized spacial score (nSPS) is 16.2. The maximum atomic E-state index is 4.96. The topological polar surface area (TPSA) is 12.5 Å². The van der Waals surface area contributed by atoms with E-state index in [0.717, 1.165) is 18.4 Å². The molecule has 0 spiro atoms. The fraction of sp³-hybridized carbons (Fsp3) is 1.00. The van der Waals surface area contributed by atoms with Gasteiger partial charge < -0.3 is 9.64 Å². The van der Waals surface area contributed by atoms with Crippen molar-refractivity contribution in [2.24, 2.45) is 17.8 Å². The Morgan fingerprint density at radius 3 is 1.75 bits per heavy atom. The van der Waals surface area contributed by atoms with Gasteiger partial charge in [0.25, 0.3) is 0 Å². The molecule has 0 aromatic carbocycles. The molecule has 0 bridgehead atoms. The van der Waals surface area contributed by atoms with Crippen LogP contribution in [0.4, 0.5) is 0 Å². The van der Waals surface area contributed by atoms with Gasteiger partial charge >= 0.3 is 0 Å². The molecule has 0 radical (unpaired) electrons. The highest BCUT2D eigenvalue weighted by molar-refractivity contribution is 4.66. The van der Waals surface area contributed by atoms with Gasteiger partial charge in [-0.25, -0.2) is 0 Å². The van der Waals surface area contributed by atoms with Crippen LogP contribution in [-0.2, 0) is 4.74 Å². The van der Waals surface area contributed by atoms with E-state index >= 15 is 0 Å². The van der Waals surface area contributed by atoms with Gasteiger partial charge in [-0.3, -0.25) is 0 Å². The highest BCUT2D eigenvalue weighted by atomic mass is 16.5. The summed E-state index contributed by atoms with van der Waals surface area (Å²) in [5.41, 5.74) is 0. The lowest BCUT2D eigenvalue weighted by molar-refractivity contribution is 0.138. The van der Waals surface area contributed by atoms with Gasteiger partial charge in [0.05, 0.1) is 0 Å². The minimum Gasteiger partial charge on any atom is -0.384 e. The summed E-state index contributed by atoms with van der Waals surface area (Å²) in [5.74, 6) is 2.32. The Labute approximate surface area is 130 Å². The summed E-state index contributed by atoms with van der Waals surface area (Å²) >= 11 is 0. The first kappa shape index (κ1) is 24.9. The van der Waals surface area contributed by atoms with Crippen molar-refractivity contribution < 1.29 is 4.74 Å². The highest BCUT2D eigenvalue weighted by Crippen LogP contribution is 2.10. The summed E-state index contributed by atoms with van der Waals surface area (Å²) < 4.78 is 4.96. The molecular weight excluding hydrogens is 246 g/mol. The van der Waals surface area contributed by atoms with E-state index in [1.165, 1.54) is 38.9 Å². The number of hydrogen-bond donors (Lipinski definition) is 0. The van der Waals surface area contributed by atoms with Gasteiger partial charge in [0.1, 0.15) is 0 Å². The molecule has 0 aliphatic carbocycles. The average molecular weight is 290 g/mol. The zero-order valence-electron chi connectivity index (χ0n) is 13.5. The number of likely N-dealkylation sites (tertiary alicyclic amines) is 1. The second-order valence-electron chi connectivity index (χ2n) is 6.41. The quantitative estimate of drug-likeness (QED) is 0.655. The zero-order valence-corrected chi connectivity index (χ0v) is 13.5. The van der Waals surface area contributed by atoms with Crippen LogP contribution in [0.15, 0.2) is 0 Å². The molecule has 126 valence electrons. The molecule has 1 saturated heterocycles. The Morgan fingerprint density at radius 1 is 0.950 bits per heavy atom. The third-order valence-electron chi connectivity index (χ3n) is 3.79. The number of methoxy groups -OCH3 is 1. The predicted octanol–water partition coefficient (Wildman–Crippen LogP) is 5.33. The van der Waals surface area contributed by atoms with E-state index in [0.29, 0.717) is 5.92 Å². The van der Waals surface area contributed by atoms with Crippen molar-refractivity contribution >= 4 is 0 Å². The van der Waals surface area contributed by atoms with Crippen LogP contribution in [0.3, 0.4) is 0 Å². The lowest BCUT2D eigenvalue weighted by atomic mass is 10.00. The van der Waals surface area contributed by atoms with Gasteiger partial charge in [-0.05, 0) is 56.7 Å². The molecule has 0 aromatic heterocycles. The third-order valence-corrected chi connectivity index (χ3v) is 3.79. The summed E-state index contributed by atoms with van der Waals surface area (Å²) in [7, 11) is 1.75. The van der Waals surface area contributed by atoms with Crippen molar-refractivity contribution in [3.8, 4) is 0 Å². The Kier molecular flexibility index (Phi) is 19.1. The van der Waals surface area contributed by atoms with Crippen LogP contribution in [0.1, 0.15) is 68.7 Å². The molecule has 1 fully saturated rings. The van der Waals surface area contributed by atoms with E-state index in [9.17, 15) is 0 Å². The predicted molar refractivity (Wildman–Crippen MR) is 94.5 cm³/mol. The molecule has 0 aromatic rings. The first-order valence-electron chi connectivity index (χ1n) is 7.68. The molecule has 0 saturated carbocycles. The number of rotatable bonds is 6. The van der Waals surface area contributed by atoms with Gasteiger partial charge in [0.2, 0.25) is 0 Å². The van der Waals surface area contributed by atoms with Crippen LogP contribution in [-0.4, -0.2) is 38.3 Å². The maximum absolute atomic E-state index is 4.96. The van der Waals surface area contributed by atoms with Crippen LogP contribution in [0, 0.1) is 17.8 Å². The fourth-order valence-corrected chi connectivity index (χ4v) is 1.90. The van der Waals surface area contributed by atoms with E-state index in [4.69, 9.17) is 4.74 Å². The van der Waals surface area contributed by atoms with Crippen LogP contribution in [0.25, 0.3) is 0 Å². The number of nitrogens with zero attached hydrogens (tertiary/aromatic N) is 1. The van der Waals surface area contributed by atoms with Crippen molar-refractivity contribution in [3.63, 3.8) is 0 Å².